The van der Waals surface area contributed by atoms with E-state index < -0.39 is 10.8 Å². The molecule has 44 heavy (non-hydrogen) atoms. The molecule has 2 N–H and O–H groups in total. The van der Waals surface area contributed by atoms with Crippen molar-refractivity contribution in [3.63, 3.8) is 0 Å². The lowest BCUT2D eigenvalue weighted by molar-refractivity contribution is -0.124. The first kappa shape index (κ1) is 28.3. The van der Waals surface area contributed by atoms with Gasteiger partial charge in [0.2, 0.25) is 11.8 Å². The minimum absolute atomic E-state index is 0.147. The molecule has 7 rings (SSSR count). The van der Waals surface area contributed by atoms with E-state index in [0.717, 1.165) is 46.0 Å². The molecule has 2 amide bonds. The number of phenols is 2. The molecule has 222 valence electrons. The normalized spacial score (nSPS) is 23.0. The van der Waals surface area contributed by atoms with E-state index in [1.807, 2.05) is 48.5 Å². The molecule has 8 nitrogen and oxygen atoms in total. The number of rotatable bonds is 7. The molecule has 0 aromatic heterocycles. The highest BCUT2D eigenvalue weighted by atomic mass is 35.5. The highest BCUT2D eigenvalue weighted by Crippen LogP contribution is 2.44. The molecule has 0 aliphatic carbocycles. The van der Waals surface area contributed by atoms with Crippen LogP contribution in [-0.4, -0.2) is 56.6 Å². The van der Waals surface area contributed by atoms with Gasteiger partial charge in [-0.1, -0.05) is 36.4 Å². The van der Waals surface area contributed by atoms with Crippen molar-refractivity contribution in [1.82, 2.24) is 4.90 Å². The van der Waals surface area contributed by atoms with Crippen LogP contribution in [0, 0.1) is 0 Å². The number of hydrogen-bond donors (Lipinski definition) is 2. The minimum atomic E-state index is -0.658. The monoisotopic (exact) mass is 626 g/mol. The maximum absolute atomic E-state index is 12.7. The van der Waals surface area contributed by atoms with Crippen LogP contribution < -0.4 is 9.80 Å². The summed E-state index contributed by atoms with van der Waals surface area (Å²) in [5.74, 6) is 0.907. The zero-order valence-corrected chi connectivity index (χ0v) is 24.9. The van der Waals surface area contributed by atoms with Gasteiger partial charge in [0.05, 0.1) is 18.6 Å². The Kier molecular flexibility index (Phi) is 7.19. The van der Waals surface area contributed by atoms with Gasteiger partial charge >= 0.3 is 0 Å². The first-order valence-corrected chi connectivity index (χ1v) is 15.2. The fraction of sp³-hybridized carbons (Fsp3) is 0.206. The Hall–Kier alpha value is -4.53. The molecule has 3 aliphatic rings. The van der Waals surface area contributed by atoms with Crippen LogP contribution in [0.5, 0.6) is 11.5 Å². The number of β-lactam (4-membered cyclic amide) rings is 2. The van der Waals surface area contributed by atoms with Crippen molar-refractivity contribution in [2.45, 2.75) is 29.4 Å². The van der Waals surface area contributed by atoms with Crippen LogP contribution in [0.25, 0.3) is 0 Å². The molecule has 4 aromatic carbocycles. The molecule has 2 fully saturated rings. The second-order valence-corrected chi connectivity index (χ2v) is 12.1. The maximum atomic E-state index is 12.7. The van der Waals surface area contributed by atoms with Gasteiger partial charge in [-0.05, 0) is 77.4 Å². The lowest BCUT2D eigenvalue weighted by Crippen LogP contribution is -2.56. The van der Waals surface area contributed by atoms with E-state index in [1.54, 1.807) is 58.3 Å². The van der Waals surface area contributed by atoms with Gasteiger partial charge in [0, 0.05) is 30.0 Å². The lowest BCUT2D eigenvalue weighted by atomic mass is 9.92. The number of amides is 2. The summed E-state index contributed by atoms with van der Waals surface area (Å²) < 4.78 is 0. The average Bonchev–Trinajstić information content (AvgIpc) is 3.51. The Morgan fingerprint density at radius 2 is 1.11 bits per heavy atom. The summed E-state index contributed by atoms with van der Waals surface area (Å²) >= 11 is 12.8. The van der Waals surface area contributed by atoms with Crippen LogP contribution in [0.3, 0.4) is 0 Å². The second kappa shape index (κ2) is 11.2. The third-order valence-corrected chi connectivity index (χ3v) is 9.30. The van der Waals surface area contributed by atoms with Crippen molar-refractivity contribution >= 4 is 52.2 Å². The molecular formula is C34H28Cl2N4O4. The number of aliphatic imine (C=N–C) groups is 1. The molecule has 0 bridgehead atoms. The first-order valence-electron chi connectivity index (χ1n) is 14.3. The van der Waals surface area contributed by atoms with E-state index in [-0.39, 0.29) is 35.4 Å². The van der Waals surface area contributed by atoms with Gasteiger partial charge in [0.15, 0.2) is 0 Å². The summed E-state index contributed by atoms with van der Waals surface area (Å²) in [6.45, 7) is 2.11. The van der Waals surface area contributed by atoms with Crippen LogP contribution >= 0.6 is 23.2 Å². The van der Waals surface area contributed by atoms with E-state index in [9.17, 15) is 19.8 Å². The quantitative estimate of drug-likeness (QED) is 0.201. The van der Waals surface area contributed by atoms with Crippen LogP contribution in [0.4, 0.5) is 11.4 Å². The van der Waals surface area contributed by atoms with Crippen molar-refractivity contribution < 1.29 is 19.8 Å². The van der Waals surface area contributed by atoms with E-state index >= 15 is 0 Å². The number of benzene rings is 4. The summed E-state index contributed by atoms with van der Waals surface area (Å²) in [5, 5.41) is 18.0. The second-order valence-electron chi connectivity index (χ2n) is 11.1. The number of phenolic OH excluding ortho intramolecular Hbond substituents is 2. The Balaban J connectivity index is 1.04. The summed E-state index contributed by atoms with van der Waals surface area (Å²) in [7, 11) is 0. The van der Waals surface area contributed by atoms with Crippen LogP contribution in [0.1, 0.15) is 34.3 Å². The third-order valence-electron chi connectivity index (χ3n) is 8.45. The molecule has 0 spiro atoms. The van der Waals surface area contributed by atoms with Gasteiger partial charge in [-0.3, -0.25) is 14.6 Å². The van der Waals surface area contributed by atoms with Crippen molar-refractivity contribution in [2.24, 2.45) is 4.99 Å². The number of alkyl halides is 2. The molecule has 4 unspecified atom stereocenters. The molecular weight excluding hydrogens is 599 g/mol. The van der Waals surface area contributed by atoms with Crippen LogP contribution in [0.15, 0.2) is 102 Å². The summed E-state index contributed by atoms with van der Waals surface area (Å²) in [5.41, 5.74) is 5.28. The van der Waals surface area contributed by atoms with Crippen molar-refractivity contribution in [3.05, 3.63) is 119 Å². The summed E-state index contributed by atoms with van der Waals surface area (Å²) in [6, 6.07) is 28.6. The molecule has 4 aromatic rings. The van der Waals surface area contributed by atoms with Gasteiger partial charge in [-0.2, -0.15) is 0 Å². The van der Waals surface area contributed by atoms with Gasteiger partial charge in [-0.15, -0.1) is 23.2 Å². The van der Waals surface area contributed by atoms with E-state index in [4.69, 9.17) is 28.2 Å². The zero-order chi connectivity index (χ0) is 30.5. The topological polar surface area (TPSA) is 96.7 Å². The van der Waals surface area contributed by atoms with Gasteiger partial charge in [0.25, 0.3) is 0 Å². The van der Waals surface area contributed by atoms with Gasteiger partial charge in [-0.25, -0.2) is 0 Å². The molecule has 0 saturated carbocycles. The number of halogens is 2. The van der Waals surface area contributed by atoms with Crippen LogP contribution in [-0.2, 0) is 16.1 Å². The van der Waals surface area contributed by atoms with Crippen molar-refractivity contribution in [1.29, 1.82) is 0 Å². The minimum Gasteiger partial charge on any atom is -0.508 e. The molecule has 2 saturated heterocycles. The summed E-state index contributed by atoms with van der Waals surface area (Å²) in [4.78, 5) is 35.8. The predicted molar refractivity (Wildman–Crippen MR) is 171 cm³/mol. The first-order chi connectivity index (χ1) is 21.3. The average molecular weight is 628 g/mol. The standard InChI is InChI=1S/C34H28Cl2N4O4/c35-28-30(21-5-13-26(41)14-6-21)39(33(28)43)24-9-1-20(2-10-24)19-38-18-17-37-32(38)23-3-11-25(12-4-23)40-31(29(36)34(40)44)22-7-15-27(42)16-8-22/h1-16,28-31,41-42H,17-19H2. The molecule has 10 heteroatoms. The van der Waals surface area contributed by atoms with E-state index in [1.165, 1.54) is 0 Å². The van der Waals surface area contributed by atoms with Crippen LogP contribution in [0.2, 0.25) is 0 Å². The number of carbonyl (C=O) groups excluding carboxylic acids is 2. The Morgan fingerprint density at radius 1 is 0.659 bits per heavy atom. The van der Waals surface area contributed by atoms with Gasteiger partial charge < -0.3 is 24.9 Å². The largest absolute Gasteiger partial charge is 0.508 e. The van der Waals surface area contributed by atoms with Crippen molar-refractivity contribution in [3.8, 4) is 11.5 Å². The number of aromatic hydroxyl groups is 2. The Labute approximate surface area is 264 Å². The fourth-order valence-corrected chi connectivity index (χ4v) is 6.85. The zero-order valence-electron chi connectivity index (χ0n) is 23.4. The Morgan fingerprint density at radius 3 is 1.59 bits per heavy atom. The third kappa shape index (κ3) is 4.84. The smallest absolute Gasteiger partial charge is 0.248 e. The molecule has 0 radical (unpaired) electrons. The molecule has 3 heterocycles. The number of amidine groups is 1. The molecule has 4 atom stereocenters. The highest BCUT2D eigenvalue weighted by Gasteiger charge is 2.48. The highest BCUT2D eigenvalue weighted by molar-refractivity contribution is 6.38. The number of hydrogen-bond acceptors (Lipinski definition) is 6. The lowest BCUT2D eigenvalue weighted by Gasteiger charge is -2.44. The molecule has 3 aliphatic heterocycles. The van der Waals surface area contributed by atoms with Crippen molar-refractivity contribution in [2.75, 3.05) is 22.9 Å². The number of nitrogens with zero attached hydrogens (tertiary/aromatic N) is 4. The maximum Gasteiger partial charge on any atom is 0.248 e. The van der Waals surface area contributed by atoms with E-state index in [2.05, 4.69) is 4.90 Å². The predicted octanol–water partition coefficient (Wildman–Crippen LogP) is 5.75. The fourth-order valence-electron chi connectivity index (χ4n) is 6.13. The number of carbonyl (C=O) groups is 2. The van der Waals surface area contributed by atoms with Gasteiger partial charge in [0.1, 0.15) is 28.1 Å². The van der Waals surface area contributed by atoms with E-state index in [0.29, 0.717) is 13.1 Å². The number of anilines is 2. The SMILES string of the molecule is O=C1C(Cl)C(c2ccc(O)cc2)N1c1ccc(CN2CCN=C2c2ccc(N3C(=O)C(Cl)C3c3ccc(O)cc3)cc2)cc1. The Bertz CT molecular complexity index is 1740. The summed E-state index contributed by atoms with van der Waals surface area (Å²) in [6.07, 6.45) is 0.